The summed E-state index contributed by atoms with van der Waals surface area (Å²) in [5, 5.41) is 5.81. The monoisotopic (exact) mass is 400 g/mol. The Kier molecular flexibility index (Phi) is 6.39. The van der Waals surface area contributed by atoms with Gasteiger partial charge in [-0.3, -0.25) is 0 Å². The summed E-state index contributed by atoms with van der Waals surface area (Å²) in [7, 11) is 0. The molecule has 0 spiro atoms. The van der Waals surface area contributed by atoms with Crippen LogP contribution in [0.5, 0.6) is 17.2 Å². The summed E-state index contributed by atoms with van der Waals surface area (Å²) in [5.41, 5.74) is 0.786. The summed E-state index contributed by atoms with van der Waals surface area (Å²) < 4.78 is 37.8. The summed E-state index contributed by atoms with van der Waals surface area (Å²) in [4.78, 5) is 0. The molecule has 7 heteroatoms. The van der Waals surface area contributed by atoms with Crippen LogP contribution in [-0.2, 0) is 0 Å². The van der Waals surface area contributed by atoms with E-state index in [1.165, 1.54) is 6.07 Å². The van der Waals surface area contributed by atoms with Gasteiger partial charge >= 0.3 is 0 Å². The molecule has 4 nitrogen and oxygen atoms in total. The van der Waals surface area contributed by atoms with Crippen LogP contribution in [0.15, 0.2) is 66.7 Å². The highest BCUT2D eigenvalue weighted by Crippen LogP contribution is 2.25. The Morgan fingerprint density at radius 1 is 0.857 bits per heavy atom. The molecule has 3 aromatic rings. The van der Waals surface area contributed by atoms with Crippen LogP contribution in [0.25, 0.3) is 0 Å². The van der Waals surface area contributed by atoms with Crippen LogP contribution >= 0.6 is 12.2 Å². The number of halogens is 2. The first-order chi connectivity index (χ1) is 13.5. The molecule has 0 fully saturated rings. The lowest BCUT2D eigenvalue weighted by molar-refractivity contribution is 0.339. The first kappa shape index (κ1) is 19.6. The van der Waals surface area contributed by atoms with Gasteiger partial charge in [0.15, 0.2) is 5.11 Å². The molecule has 0 aromatic heterocycles. The first-order valence-electron chi connectivity index (χ1n) is 8.57. The average Bonchev–Trinajstić information content (AvgIpc) is 2.67. The van der Waals surface area contributed by atoms with Crippen molar-refractivity contribution in [2.75, 3.05) is 17.2 Å². The normalized spacial score (nSPS) is 10.2. The highest BCUT2D eigenvalue weighted by molar-refractivity contribution is 7.80. The van der Waals surface area contributed by atoms with Crippen molar-refractivity contribution >= 4 is 28.7 Å². The second kappa shape index (κ2) is 9.14. The van der Waals surface area contributed by atoms with Crippen molar-refractivity contribution in [2.24, 2.45) is 0 Å². The van der Waals surface area contributed by atoms with Crippen LogP contribution in [0, 0.1) is 11.6 Å². The molecule has 0 bridgehead atoms. The van der Waals surface area contributed by atoms with Gasteiger partial charge in [0, 0.05) is 11.8 Å². The van der Waals surface area contributed by atoms with E-state index in [4.69, 9.17) is 21.7 Å². The Hall–Kier alpha value is -3.19. The van der Waals surface area contributed by atoms with Crippen LogP contribution in [0.3, 0.4) is 0 Å². The third-order valence-corrected chi connectivity index (χ3v) is 3.87. The number of anilines is 2. The van der Waals surface area contributed by atoms with Crippen LogP contribution in [-0.4, -0.2) is 11.7 Å². The Balaban J connectivity index is 1.57. The fraction of sp³-hybridized carbons (Fsp3) is 0.0952. The second-order valence-electron chi connectivity index (χ2n) is 5.73. The molecule has 0 heterocycles. The number of rotatable bonds is 6. The first-order valence-corrected chi connectivity index (χ1v) is 8.98. The molecule has 0 saturated heterocycles. The molecule has 144 valence electrons. The minimum absolute atomic E-state index is 0.0920. The van der Waals surface area contributed by atoms with Gasteiger partial charge in [0.25, 0.3) is 0 Å². The maximum Gasteiger partial charge on any atom is 0.175 e. The van der Waals surface area contributed by atoms with Crippen molar-refractivity contribution in [1.82, 2.24) is 0 Å². The highest BCUT2D eigenvalue weighted by atomic mass is 32.1. The zero-order valence-corrected chi connectivity index (χ0v) is 15.9. The summed E-state index contributed by atoms with van der Waals surface area (Å²) in [6.07, 6.45) is 0. The Bertz CT molecular complexity index is 948. The quantitative estimate of drug-likeness (QED) is 0.500. The fourth-order valence-electron chi connectivity index (χ4n) is 2.39. The highest BCUT2D eigenvalue weighted by Gasteiger charge is 2.06. The smallest absolute Gasteiger partial charge is 0.175 e. The maximum absolute atomic E-state index is 13.7. The Labute approximate surface area is 167 Å². The number of thiocarbonyl (C=S) groups is 1. The molecule has 0 aliphatic carbocycles. The van der Waals surface area contributed by atoms with Crippen molar-refractivity contribution in [2.45, 2.75) is 6.92 Å². The number of benzene rings is 3. The van der Waals surface area contributed by atoms with E-state index in [1.54, 1.807) is 24.3 Å². The molecule has 3 rings (SSSR count). The summed E-state index contributed by atoms with van der Waals surface area (Å²) in [6, 6.07) is 17.7. The minimum atomic E-state index is -0.719. The van der Waals surface area contributed by atoms with Crippen LogP contribution in [0.2, 0.25) is 0 Å². The molecular weight excluding hydrogens is 382 g/mol. The van der Waals surface area contributed by atoms with E-state index in [0.29, 0.717) is 23.8 Å². The molecule has 28 heavy (non-hydrogen) atoms. The number of nitrogens with one attached hydrogen (secondary N) is 2. The standard InChI is InChI=1S/C21H18F2N2O2S/c1-2-26-16-8-10-18(11-9-16)27-17-6-4-15(5-7-17)24-21(28)25-20-12-3-14(22)13-19(20)23/h3-13H,2H2,1H3,(H2,24,25,28). The Morgan fingerprint density at radius 3 is 2.07 bits per heavy atom. The fourth-order valence-corrected chi connectivity index (χ4v) is 2.62. The third kappa shape index (κ3) is 5.40. The second-order valence-corrected chi connectivity index (χ2v) is 6.14. The van der Waals surface area contributed by atoms with E-state index in [2.05, 4.69) is 10.6 Å². The van der Waals surface area contributed by atoms with E-state index >= 15 is 0 Å². The average molecular weight is 400 g/mol. The van der Waals surface area contributed by atoms with Crippen molar-refractivity contribution in [1.29, 1.82) is 0 Å². The van der Waals surface area contributed by atoms with Crippen LogP contribution in [0.1, 0.15) is 6.92 Å². The van der Waals surface area contributed by atoms with Crippen molar-refractivity contribution in [3.63, 3.8) is 0 Å². The van der Waals surface area contributed by atoms with Gasteiger partial charge < -0.3 is 20.1 Å². The van der Waals surface area contributed by atoms with Crippen molar-refractivity contribution < 1.29 is 18.3 Å². The molecule has 0 atom stereocenters. The van der Waals surface area contributed by atoms with Gasteiger partial charge in [0.2, 0.25) is 0 Å². The predicted molar refractivity (Wildman–Crippen MR) is 110 cm³/mol. The number of hydrogen-bond donors (Lipinski definition) is 2. The van der Waals surface area contributed by atoms with Gasteiger partial charge in [-0.05, 0) is 79.8 Å². The number of hydrogen-bond acceptors (Lipinski definition) is 3. The van der Waals surface area contributed by atoms with Gasteiger partial charge in [-0.1, -0.05) is 0 Å². The summed E-state index contributed by atoms with van der Waals surface area (Å²) in [5.74, 6) is 0.757. The third-order valence-electron chi connectivity index (χ3n) is 3.66. The van der Waals surface area contributed by atoms with E-state index in [9.17, 15) is 8.78 Å². The molecule has 0 saturated carbocycles. The SMILES string of the molecule is CCOc1ccc(Oc2ccc(NC(=S)Nc3ccc(F)cc3F)cc2)cc1. The molecule has 3 aromatic carbocycles. The molecule has 0 radical (unpaired) electrons. The molecule has 2 N–H and O–H groups in total. The van der Waals surface area contributed by atoms with Gasteiger partial charge in [-0.2, -0.15) is 0 Å². The van der Waals surface area contributed by atoms with E-state index in [-0.39, 0.29) is 10.8 Å². The van der Waals surface area contributed by atoms with Gasteiger partial charge in [0.05, 0.1) is 12.3 Å². The lowest BCUT2D eigenvalue weighted by Crippen LogP contribution is -2.19. The largest absolute Gasteiger partial charge is 0.494 e. The zero-order chi connectivity index (χ0) is 19.9. The number of ether oxygens (including phenoxy) is 2. The molecule has 0 amide bonds. The van der Waals surface area contributed by atoms with Crippen LogP contribution in [0.4, 0.5) is 20.2 Å². The molecule has 0 aliphatic heterocycles. The van der Waals surface area contributed by atoms with Gasteiger partial charge in [-0.25, -0.2) is 8.78 Å². The predicted octanol–water partition coefficient (Wildman–Crippen LogP) is 5.96. The van der Waals surface area contributed by atoms with Gasteiger partial charge in [-0.15, -0.1) is 0 Å². The molecule has 0 unspecified atom stereocenters. The lowest BCUT2D eigenvalue weighted by Gasteiger charge is -2.12. The van der Waals surface area contributed by atoms with Crippen molar-refractivity contribution in [3.8, 4) is 17.2 Å². The van der Waals surface area contributed by atoms with Crippen molar-refractivity contribution in [3.05, 3.63) is 78.4 Å². The summed E-state index contributed by atoms with van der Waals surface area (Å²) in [6.45, 7) is 2.54. The van der Waals surface area contributed by atoms with E-state index < -0.39 is 11.6 Å². The van der Waals surface area contributed by atoms with E-state index in [0.717, 1.165) is 17.9 Å². The Morgan fingerprint density at radius 2 is 1.46 bits per heavy atom. The van der Waals surface area contributed by atoms with Gasteiger partial charge in [0.1, 0.15) is 28.9 Å². The molecular formula is C21H18F2N2O2S. The lowest BCUT2D eigenvalue weighted by atomic mass is 10.3. The summed E-state index contributed by atoms with van der Waals surface area (Å²) >= 11 is 5.16. The topological polar surface area (TPSA) is 42.5 Å². The maximum atomic E-state index is 13.7. The van der Waals surface area contributed by atoms with E-state index in [1.807, 2.05) is 31.2 Å². The zero-order valence-electron chi connectivity index (χ0n) is 15.0. The minimum Gasteiger partial charge on any atom is -0.494 e. The molecule has 0 aliphatic rings. The van der Waals surface area contributed by atoms with Crippen LogP contribution < -0.4 is 20.1 Å².